The molecular formula is C17H18FNO3. The number of ether oxygens (including phenoxy) is 2. The van der Waals surface area contributed by atoms with Crippen LogP contribution in [0.4, 0.5) is 4.39 Å². The van der Waals surface area contributed by atoms with Gasteiger partial charge in [-0.05, 0) is 35.9 Å². The van der Waals surface area contributed by atoms with Gasteiger partial charge in [-0.3, -0.25) is 4.79 Å². The number of carbonyl (C=O) groups excluding carboxylic acids is 1. The van der Waals surface area contributed by atoms with Crippen molar-refractivity contribution in [3.05, 3.63) is 59.4 Å². The van der Waals surface area contributed by atoms with Crippen LogP contribution in [0.15, 0.2) is 42.5 Å². The van der Waals surface area contributed by atoms with Crippen molar-refractivity contribution in [3.8, 4) is 11.5 Å². The normalized spacial score (nSPS) is 10.1. The average molecular weight is 303 g/mol. The molecule has 0 aliphatic rings. The number of hydrogen-bond acceptors (Lipinski definition) is 3. The van der Waals surface area contributed by atoms with Crippen LogP contribution in [-0.2, 0) is 17.8 Å². The van der Waals surface area contributed by atoms with E-state index >= 15 is 0 Å². The quantitative estimate of drug-likeness (QED) is 0.892. The molecule has 0 saturated carbocycles. The van der Waals surface area contributed by atoms with E-state index in [1.54, 1.807) is 7.11 Å². The fourth-order valence-corrected chi connectivity index (χ4v) is 2.06. The van der Waals surface area contributed by atoms with Crippen molar-refractivity contribution in [2.75, 3.05) is 14.2 Å². The molecule has 1 amide bonds. The number of amides is 1. The van der Waals surface area contributed by atoms with Gasteiger partial charge in [-0.1, -0.05) is 12.1 Å². The van der Waals surface area contributed by atoms with Gasteiger partial charge in [0.15, 0.2) is 0 Å². The first-order valence-electron chi connectivity index (χ1n) is 6.84. The van der Waals surface area contributed by atoms with Crippen LogP contribution in [0, 0.1) is 5.82 Å². The first kappa shape index (κ1) is 15.8. The highest BCUT2D eigenvalue weighted by atomic mass is 19.1. The van der Waals surface area contributed by atoms with Gasteiger partial charge in [0.1, 0.15) is 17.3 Å². The molecule has 2 aromatic rings. The molecule has 0 bridgehead atoms. The van der Waals surface area contributed by atoms with E-state index in [4.69, 9.17) is 9.47 Å². The number of carbonyl (C=O) groups is 1. The Bertz CT molecular complexity index is 641. The topological polar surface area (TPSA) is 47.6 Å². The molecule has 0 heterocycles. The maximum atomic E-state index is 13.3. The first-order valence-corrected chi connectivity index (χ1v) is 6.84. The van der Waals surface area contributed by atoms with Gasteiger partial charge >= 0.3 is 0 Å². The number of nitrogens with one attached hydrogen (secondary N) is 1. The number of halogens is 1. The molecule has 0 aliphatic carbocycles. The van der Waals surface area contributed by atoms with Crippen molar-refractivity contribution in [1.29, 1.82) is 0 Å². The number of methoxy groups -OCH3 is 2. The summed E-state index contributed by atoms with van der Waals surface area (Å²) in [5, 5.41) is 2.80. The van der Waals surface area contributed by atoms with Gasteiger partial charge < -0.3 is 14.8 Å². The lowest BCUT2D eigenvalue weighted by Gasteiger charge is -2.09. The van der Waals surface area contributed by atoms with Crippen LogP contribution in [0.25, 0.3) is 0 Å². The Labute approximate surface area is 128 Å². The van der Waals surface area contributed by atoms with E-state index in [2.05, 4.69) is 5.32 Å². The summed E-state index contributed by atoms with van der Waals surface area (Å²) in [6.07, 6.45) is 0.0666. The van der Waals surface area contributed by atoms with E-state index in [9.17, 15) is 9.18 Å². The van der Waals surface area contributed by atoms with Gasteiger partial charge in [0.05, 0.1) is 20.6 Å². The molecule has 0 atom stereocenters. The van der Waals surface area contributed by atoms with E-state index in [1.807, 2.05) is 24.3 Å². The standard InChI is InChI=1S/C17H18FNO3/c1-21-15-6-3-12(4-7-15)11-19-17(20)10-13-9-14(18)5-8-16(13)22-2/h3-9H,10-11H2,1-2H3,(H,19,20). The number of hydrogen-bond donors (Lipinski definition) is 1. The van der Waals surface area contributed by atoms with Crippen LogP contribution in [0.5, 0.6) is 11.5 Å². The van der Waals surface area contributed by atoms with Crippen molar-refractivity contribution < 1.29 is 18.7 Å². The predicted molar refractivity (Wildman–Crippen MR) is 81.5 cm³/mol. The van der Waals surface area contributed by atoms with Crippen molar-refractivity contribution >= 4 is 5.91 Å². The van der Waals surface area contributed by atoms with Gasteiger partial charge in [-0.15, -0.1) is 0 Å². The zero-order chi connectivity index (χ0) is 15.9. The fraction of sp³-hybridized carbons (Fsp3) is 0.235. The molecule has 0 radical (unpaired) electrons. The van der Waals surface area contributed by atoms with Crippen molar-refractivity contribution in [2.24, 2.45) is 0 Å². The van der Waals surface area contributed by atoms with Gasteiger partial charge in [0.2, 0.25) is 5.91 Å². The highest BCUT2D eigenvalue weighted by molar-refractivity contribution is 5.79. The molecule has 0 aromatic heterocycles. The smallest absolute Gasteiger partial charge is 0.224 e. The number of benzene rings is 2. The molecule has 4 nitrogen and oxygen atoms in total. The fourth-order valence-electron chi connectivity index (χ4n) is 2.06. The minimum absolute atomic E-state index is 0.0666. The van der Waals surface area contributed by atoms with E-state index in [1.165, 1.54) is 25.3 Å². The van der Waals surface area contributed by atoms with Gasteiger partial charge in [-0.2, -0.15) is 0 Å². The highest BCUT2D eigenvalue weighted by Gasteiger charge is 2.10. The second-order valence-electron chi connectivity index (χ2n) is 4.76. The van der Waals surface area contributed by atoms with Crippen LogP contribution >= 0.6 is 0 Å². The van der Waals surface area contributed by atoms with E-state index in [0.29, 0.717) is 17.9 Å². The lowest BCUT2D eigenvalue weighted by atomic mass is 10.1. The Balaban J connectivity index is 1.94. The summed E-state index contributed by atoms with van der Waals surface area (Å²) >= 11 is 0. The summed E-state index contributed by atoms with van der Waals surface area (Å²) in [5.41, 5.74) is 1.48. The minimum Gasteiger partial charge on any atom is -0.497 e. The first-order chi connectivity index (χ1) is 10.6. The van der Waals surface area contributed by atoms with Gasteiger partial charge in [0, 0.05) is 12.1 Å². The summed E-state index contributed by atoms with van der Waals surface area (Å²) in [4.78, 5) is 12.0. The molecule has 22 heavy (non-hydrogen) atoms. The molecule has 116 valence electrons. The Kier molecular flexibility index (Phi) is 5.36. The van der Waals surface area contributed by atoms with E-state index in [0.717, 1.165) is 11.3 Å². The van der Waals surface area contributed by atoms with E-state index < -0.39 is 5.82 Å². The molecule has 2 rings (SSSR count). The number of rotatable bonds is 6. The van der Waals surface area contributed by atoms with Gasteiger partial charge in [-0.25, -0.2) is 4.39 Å². The molecule has 2 aromatic carbocycles. The molecular weight excluding hydrogens is 285 g/mol. The van der Waals surface area contributed by atoms with Crippen LogP contribution in [0.3, 0.4) is 0 Å². The Morgan fingerprint density at radius 3 is 2.45 bits per heavy atom. The summed E-state index contributed by atoms with van der Waals surface area (Å²) in [6, 6.07) is 11.5. The summed E-state index contributed by atoms with van der Waals surface area (Å²) in [7, 11) is 3.09. The van der Waals surface area contributed by atoms with Crippen molar-refractivity contribution in [2.45, 2.75) is 13.0 Å². The molecule has 1 N–H and O–H groups in total. The summed E-state index contributed by atoms with van der Waals surface area (Å²) < 4.78 is 23.5. The third-order valence-electron chi connectivity index (χ3n) is 3.24. The van der Waals surface area contributed by atoms with Gasteiger partial charge in [0.25, 0.3) is 0 Å². The monoisotopic (exact) mass is 303 g/mol. The predicted octanol–water partition coefficient (Wildman–Crippen LogP) is 2.70. The molecule has 0 aliphatic heterocycles. The maximum Gasteiger partial charge on any atom is 0.224 e. The van der Waals surface area contributed by atoms with Crippen molar-refractivity contribution in [1.82, 2.24) is 5.32 Å². The Morgan fingerprint density at radius 2 is 1.82 bits per heavy atom. The highest BCUT2D eigenvalue weighted by Crippen LogP contribution is 2.19. The molecule has 5 heteroatoms. The second-order valence-corrected chi connectivity index (χ2v) is 4.76. The lowest BCUT2D eigenvalue weighted by molar-refractivity contribution is -0.120. The summed E-state index contributed by atoms with van der Waals surface area (Å²) in [6.45, 7) is 0.403. The zero-order valence-electron chi connectivity index (χ0n) is 12.6. The van der Waals surface area contributed by atoms with Crippen LogP contribution in [0.2, 0.25) is 0 Å². The molecule has 0 spiro atoms. The Morgan fingerprint density at radius 1 is 1.09 bits per heavy atom. The van der Waals surface area contributed by atoms with Crippen LogP contribution < -0.4 is 14.8 Å². The Hall–Kier alpha value is -2.56. The third-order valence-corrected chi connectivity index (χ3v) is 3.24. The van der Waals surface area contributed by atoms with E-state index in [-0.39, 0.29) is 12.3 Å². The molecule has 0 fully saturated rings. The zero-order valence-corrected chi connectivity index (χ0v) is 12.6. The molecule has 0 saturated heterocycles. The largest absolute Gasteiger partial charge is 0.497 e. The summed E-state index contributed by atoms with van der Waals surface area (Å²) in [5.74, 6) is 0.680. The van der Waals surface area contributed by atoms with Crippen molar-refractivity contribution in [3.63, 3.8) is 0 Å². The minimum atomic E-state index is -0.390. The van der Waals surface area contributed by atoms with Crippen LogP contribution in [0.1, 0.15) is 11.1 Å². The average Bonchev–Trinajstić information content (AvgIpc) is 2.53. The lowest BCUT2D eigenvalue weighted by Crippen LogP contribution is -2.24. The second kappa shape index (κ2) is 7.45. The third kappa shape index (κ3) is 4.22. The van der Waals surface area contributed by atoms with Crippen LogP contribution in [-0.4, -0.2) is 20.1 Å². The molecule has 0 unspecified atom stereocenters. The SMILES string of the molecule is COc1ccc(CNC(=O)Cc2cc(F)ccc2OC)cc1. The maximum absolute atomic E-state index is 13.3.